The Morgan fingerprint density at radius 3 is 1.44 bits per heavy atom. The van der Waals surface area contributed by atoms with Gasteiger partial charge in [0.05, 0.1) is 41.4 Å². The number of ether oxygens (including phenoxy) is 7. The smallest absolute Gasteiger partial charge is 0.194 e. The molecule has 13 nitrogen and oxygen atoms in total. The molecule has 0 bridgehead atoms. The van der Waals surface area contributed by atoms with E-state index in [1.165, 1.54) is 0 Å². The van der Waals surface area contributed by atoms with E-state index in [-0.39, 0.29) is 12.4 Å². The van der Waals surface area contributed by atoms with Crippen molar-refractivity contribution in [2.75, 3.05) is 40.8 Å². The summed E-state index contributed by atoms with van der Waals surface area (Å²) in [5, 5.41) is 13.0. The highest BCUT2D eigenvalue weighted by Gasteiger charge is 2.53. The minimum atomic E-state index is -1.35. The number of aliphatic hydroxyl groups is 1. The van der Waals surface area contributed by atoms with Crippen LogP contribution in [0.15, 0.2) is 164 Å². The van der Waals surface area contributed by atoms with Gasteiger partial charge in [-0.15, -0.1) is 0 Å². The number of nitrogens with two attached hydrogens (primary N) is 1. The van der Waals surface area contributed by atoms with Crippen molar-refractivity contribution in [3.8, 4) is 23.0 Å². The lowest BCUT2D eigenvalue weighted by atomic mass is 9.79. The summed E-state index contributed by atoms with van der Waals surface area (Å²) >= 11 is 2.03. The lowest BCUT2D eigenvalue weighted by Crippen LogP contribution is -2.45. The molecular weight excluding hydrogens is 950 g/mol. The van der Waals surface area contributed by atoms with Crippen molar-refractivity contribution in [3.63, 3.8) is 0 Å². The number of methoxy groups -OCH3 is 4. The Morgan fingerprint density at radius 2 is 1.00 bits per heavy atom. The van der Waals surface area contributed by atoms with Gasteiger partial charge in [0, 0.05) is 22.6 Å². The van der Waals surface area contributed by atoms with Gasteiger partial charge in [-0.05, 0) is 81.9 Å². The normalized spacial score (nSPS) is 17.4. The highest BCUT2D eigenvalue weighted by Crippen LogP contribution is 2.48. The van der Waals surface area contributed by atoms with Crippen LogP contribution in [-0.4, -0.2) is 78.0 Å². The second-order valence-corrected chi connectivity index (χ2v) is 16.6. The quantitative estimate of drug-likeness (QED) is 0.0541. The summed E-state index contributed by atoms with van der Waals surface area (Å²) in [5.74, 6) is 2.93. The van der Waals surface area contributed by atoms with Crippen molar-refractivity contribution in [2.45, 2.75) is 35.7 Å². The van der Waals surface area contributed by atoms with Crippen molar-refractivity contribution < 1.29 is 38.3 Å². The third-order valence-electron chi connectivity index (χ3n) is 12.1. The summed E-state index contributed by atoms with van der Waals surface area (Å²) < 4.78 is 46.6. The Kier molecular flexibility index (Phi) is 12.9. The molecule has 66 heavy (non-hydrogen) atoms. The topological polar surface area (TPSA) is 154 Å². The van der Waals surface area contributed by atoms with E-state index in [0.29, 0.717) is 38.0 Å². The Labute approximate surface area is 396 Å². The average Bonchev–Trinajstić information content (AvgIpc) is 3.93. The van der Waals surface area contributed by atoms with Crippen molar-refractivity contribution >= 4 is 39.6 Å². The zero-order valence-corrected chi connectivity index (χ0v) is 38.8. The molecule has 1 aliphatic heterocycles. The molecule has 0 unspecified atom stereocenters. The van der Waals surface area contributed by atoms with Gasteiger partial charge in [-0.1, -0.05) is 109 Å². The summed E-state index contributed by atoms with van der Waals surface area (Å²) in [6.45, 7) is -0.102. The van der Waals surface area contributed by atoms with Gasteiger partial charge in [0.2, 0.25) is 0 Å². The number of hydrogen-bond acceptors (Lipinski definition) is 12. The van der Waals surface area contributed by atoms with Gasteiger partial charge in [-0.3, -0.25) is 4.57 Å². The predicted octanol–water partition coefficient (Wildman–Crippen LogP) is 8.69. The monoisotopic (exact) mass is 997 g/mol. The van der Waals surface area contributed by atoms with Crippen molar-refractivity contribution in [1.29, 1.82) is 0 Å². The largest absolute Gasteiger partial charge is 0.497 e. The molecule has 1 aliphatic rings. The number of nitrogens with zero attached hydrogens (tertiary/aromatic N) is 4. The first-order valence-electron chi connectivity index (χ1n) is 21.2. The van der Waals surface area contributed by atoms with Crippen molar-refractivity contribution in [1.82, 2.24) is 19.5 Å². The third-order valence-corrected chi connectivity index (χ3v) is 12.6. The molecule has 14 heteroatoms. The van der Waals surface area contributed by atoms with Gasteiger partial charge < -0.3 is 44.0 Å². The summed E-state index contributed by atoms with van der Waals surface area (Å²) in [6, 6.07) is 50.8. The number of hydrogen-bond donors (Lipinski definition) is 2. The second-order valence-electron chi connectivity index (χ2n) is 15.7. The number of halogens is 1. The fraction of sp³-hybridized carbons (Fsp3) is 0.212. The Morgan fingerprint density at radius 1 is 0.591 bits per heavy atom. The maximum atomic E-state index is 13.0. The number of anilines is 1. The van der Waals surface area contributed by atoms with E-state index < -0.39 is 35.7 Å². The molecule has 2 aromatic heterocycles. The van der Waals surface area contributed by atoms with Crippen molar-refractivity contribution in [3.05, 3.63) is 201 Å². The van der Waals surface area contributed by atoms with Crippen LogP contribution in [0.2, 0.25) is 0 Å². The Hall–Kier alpha value is -6.56. The van der Waals surface area contributed by atoms with E-state index in [4.69, 9.17) is 43.9 Å². The Bertz CT molecular complexity index is 2770. The average molecular weight is 998 g/mol. The van der Waals surface area contributed by atoms with Crippen LogP contribution < -0.4 is 24.7 Å². The fourth-order valence-electron chi connectivity index (χ4n) is 8.82. The van der Waals surface area contributed by atoms with Gasteiger partial charge in [-0.2, -0.15) is 0 Å². The first-order chi connectivity index (χ1) is 32.2. The van der Waals surface area contributed by atoms with Crippen LogP contribution in [0.1, 0.15) is 39.6 Å². The lowest BCUT2D eigenvalue weighted by Gasteiger charge is -2.40. The van der Waals surface area contributed by atoms with E-state index in [9.17, 15) is 5.11 Å². The standard InChI is InChI=1S/C52H48IN5O8/c1-60-39-23-15-35(16-24-39)51(33-11-7-5-8-12-33,36-17-25-40(61-2)26-18-36)64-31-43-45(59)46(49(65-43)58-32-55-44-47(54)56-50(53)57-48(44)58)66-52(34-13-9-6-10-14-34,37-19-27-41(62-3)28-20-37)38-21-29-42(63-4)30-22-38/h5-30,32,43,45-46,49,59H,31H2,1-4H3,(H2,54,56,57)/t43-,45+,46-,49-/m0/s1. The SMILES string of the molecule is COc1ccc(C(OC[C@@H]2O[C@H](n3cnc4c(N)nc(I)nc43)[C@@H](OC(c3ccccc3)(c3ccc(OC)cc3)c3ccc(OC)cc3)[C@@H]2O)(c2ccccc2)c2ccc(OC)cc2)cc1. The van der Waals surface area contributed by atoms with Crippen LogP contribution in [0.4, 0.5) is 5.82 Å². The molecule has 6 aromatic carbocycles. The molecule has 0 aliphatic carbocycles. The van der Waals surface area contributed by atoms with E-state index in [2.05, 4.69) is 9.97 Å². The highest BCUT2D eigenvalue weighted by atomic mass is 127. The maximum absolute atomic E-state index is 13.0. The highest BCUT2D eigenvalue weighted by molar-refractivity contribution is 14.1. The number of fused-ring (bicyclic) bond motifs is 1. The molecule has 336 valence electrons. The molecule has 3 heterocycles. The molecule has 0 saturated carbocycles. The number of nitrogen functional groups attached to an aromatic ring is 1. The number of aromatic nitrogens is 4. The summed E-state index contributed by atoms with van der Waals surface area (Å²) in [5.41, 5.74) is 9.48. The molecule has 1 fully saturated rings. The van der Waals surface area contributed by atoms with Gasteiger partial charge in [0.25, 0.3) is 0 Å². The van der Waals surface area contributed by atoms with Gasteiger partial charge >= 0.3 is 0 Å². The minimum absolute atomic E-state index is 0.102. The van der Waals surface area contributed by atoms with E-state index in [1.54, 1.807) is 39.3 Å². The molecule has 0 radical (unpaired) electrons. The molecule has 4 atom stereocenters. The number of aliphatic hydroxyl groups excluding tert-OH is 1. The van der Waals surface area contributed by atoms with Crippen LogP contribution in [0.3, 0.4) is 0 Å². The number of imidazole rings is 1. The molecule has 1 saturated heterocycles. The van der Waals surface area contributed by atoms with E-state index >= 15 is 0 Å². The van der Waals surface area contributed by atoms with Crippen LogP contribution in [-0.2, 0) is 25.4 Å². The van der Waals surface area contributed by atoms with Gasteiger partial charge in [0.15, 0.2) is 21.5 Å². The summed E-state index contributed by atoms with van der Waals surface area (Å²) in [6.07, 6.45) is -2.80. The lowest BCUT2D eigenvalue weighted by molar-refractivity contribution is -0.123. The van der Waals surface area contributed by atoms with Crippen LogP contribution in [0.25, 0.3) is 11.2 Å². The zero-order chi connectivity index (χ0) is 45.8. The van der Waals surface area contributed by atoms with Crippen LogP contribution in [0, 0.1) is 3.83 Å². The molecule has 9 rings (SSSR count). The van der Waals surface area contributed by atoms with Gasteiger partial charge in [-0.25, -0.2) is 15.0 Å². The minimum Gasteiger partial charge on any atom is -0.497 e. The zero-order valence-electron chi connectivity index (χ0n) is 36.7. The fourth-order valence-corrected chi connectivity index (χ4v) is 9.31. The molecule has 8 aromatic rings. The van der Waals surface area contributed by atoms with Crippen LogP contribution in [0.5, 0.6) is 23.0 Å². The maximum Gasteiger partial charge on any atom is 0.194 e. The van der Waals surface area contributed by atoms with Gasteiger partial charge in [0.1, 0.15) is 58.0 Å². The molecule has 0 spiro atoms. The molecule has 3 N–H and O–H groups in total. The Balaban J connectivity index is 1.21. The number of benzene rings is 6. The van der Waals surface area contributed by atoms with E-state index in [0.717, 1.165) is 33.4 Å². The second kappa shape index (κ2) is 19.1. The summed E-state index contributed by atoms with van der Waals surface area (Å²) in [4.78, 5) is 13.8. The first-order valence-corrected chi connectivity index (χ1v) is 22.3. The third kappa shape index (κ3) is 8.19. The van der Waals surface area contributed by atoms with Crippen LogP contribution >= 0.6 is 22.6 Å². The van der Waals surface area contributed by atoms with E-state index in [1.807, 2.05) is 180 Å². The molecular formula is C52H48IN5O8. The predicted molar refractivity (Wildman–Crippen MR) is 258 cm³/mol. The summed E-state index contributed by atoms with van der Waals surface area (Å²) in [7, 11) is 6.52. The van der Waals surface area contributed by atoms with Crippen molar-refractivity contribution in [2.24, 2.45) is 0 Å². The number of rotatable bonds is 16. The molecule has 0 amide bonds. The first kappa shape index (κ1) is 44.6.